The van der Waals surface area contributed by atoms with Crippen LogP contribution in [0.5, 0.6) is 11.5 Å². The number of ether oxygens (including phenoxy) is 3. The number of carbonyl (C=O) groups excluding carboxylic acids is 2. The number of nitrogens with zero attached hydrogens (tertiary/aromatic N) is 1. The average Bonchev–Trinajstić information content (AvgIpc) is 3.49. The second kappa shape index (κ2) is 16.1. The van der Waals surface area contributed by atoms with E-state index in [0.29, 0.717) is 48.1 Å². The maximum absolute atomic E-state index is 13.9. The Bertz CT molecular complexity index is 1700. The number of rotatable bonds is 13. The number of carboxylic acids is 1. The number of halogens is 1. The largest absolute Gasteiger partial charge is 0.495 e. The summed E-state index contributed by atoms with van der Waals surface area (Å²) >= 11 is 3.42. The summed E-state index contributed by atoms with van der Waals surface area (Å²) in [7, 11) is 1.51. The molecule has 3 amide bonds. The third kappa shape index (κ3) is 9.11. The SMILES string of the molecule is COc1cc(CC(=O)N2[C@@H](COCc3ccccc3)CC[C@H]2COc2cccc(C(=O)O)c2)ccc1NC(=O)Nc1ccccc1Br. The smallest absolute Gasteiger partial charge is 0.335 e. The molecule has 244 valence electrons. The number of amides is 3. The van der Waals surface area contributed by atoms with Crippen LogP contribution in [0.1, 0.15) is 34.3 Å². The van der Waals surface area contributed by atoms with Gasteiger partial charge in [0.25, 0.3) is 0 Å². The quantitative estimate of drug-likeness (QED) is 0.137. The Morgan fingerprint density at radius 3 is 2.30 bits per heavy atom. The van der Waals surface area contributed by atoms with E-state index in [1.165, 1.54) is 19.2 Å². The second-order valence-corrected chi connectivity index (χ2v) is 12.0. The Hall–Kier alpha value is -4.87. The Morgan fingerprint density at radius 1 is 0.830 bits per heavy atom. The molecule has 10 nitrogen and oxygen atoms in total. The molecule has 0 unspecified atom stereocenters. The molecule has 0 spiro atoms. The zero-order valence-corrected chi connectivity index (χ0v) is 27.4. The number of anilines is 2. The van der Waals surface area contributed by atoms with Gasteiger partial charge in [0.2, 0.25) is 5.91 Å². The van der Waals surface area contributed by atoms with Gasteiger partial charge in [0, 0.05) is 4.47 Å². The van der Waals surface area contributed by atoms with Gasteiger partial charge in [-0.25, -0.2) is 9.59 Å². The van der Waals surface area contributed by atoms with Crippen molar-refractivity contribution in [2.75, 3.05) is 31.0 Å². The molecule has 1 heterocycles. The molecule has 11 heteroatoms. The first-order valence-corrected chi connectivity index (χ1v) is 16.0. The lowest BCUT2D eigenvalue weighted by atomic mass is 10.1. The van der Waals surface area contributed by atoms with Crippen LogP contribution in [0.25, 0.3) is 0 Å². The number of benzene rings is 4. The second-order valence-electron chi connectivity index (χ2n) is 11.1. The fourth-order valence-electron chi connectivity index (χ4n) is 5.55. The Kier molecular flexibility index (Phi) is 11.5. The standard InChI is InChI=1S/C36H36BrN3O7/c1-45-33-18-25(14-17-32(33)39-36(44)38-31-13-6-5-12-30(31)37)19-34(41)40-27(22-46-21-24-8-3-2-4-9-24)15-16-28(40)23-47-29-11-7-10-26(20-29)35(42)43/h2-14,17-18,20,27-28H,15-16,19,21-23H2,1H3,(H,42,43)(H2,38,39,44)/t27-,28+/m1/s1. The van der Waals surface area contributed by atoms with E-state index in [9.17, 15) is 19.5 Å². The van der Waals surface area contributed by atoms with E-state index in [2.05, 4.69) is 26.6 Å². The predicted octanol–water partition coefficient (Wildman–Crippen LogP) is 7.00. The van der Waals surface area contributed by atoms with Gasteiger partial charge in [-0.3, -0.25) is 4.79 Å². The molecule has 1 fully saturated rings. The van der Waals surface area contributed by atoms with Gasteiger partial charge in [-0.1, -0.05) is 54.6 Å². The summed E-state index contributed by atoms with van der Waals surface area (Å²) in [6.45, 7) is 1.01. The highest BCUT2D eigenvalue weighted by molar-refractivity contribution is 9.10. The predicted molar refractivity (Wildman–Crippen MR) is 182 cm³/mol. The number of carboxylic acid groups (broad SMARTS) is 1. The van der Waals surface area contributed by atoms with E-state index in [0.717, 1.165) is 16.5 Å². The molecular formula is C36H36BrN3O7. The highest BCUT2D eigenvalue weighted by Crippen LogP contribution is 2.30. The molecule has 0 aliphatic carbocycles. The molecule has 4 aromatic rings. The van der Waals surface area contributed by atoms with Gasteiger partial charge in [-0.15, -0.1) is 0 Å². The molecule has 4 aromatic carbocycles. The van der Waals surface area contributed by atoms with Gasteiger partial charge in [-0.2, -0.15) is 0 Å². The van der Waals surface area contributed by atoms with E-state index < -0.39 is 12.0 Å². The first-order valence-electron chi connectivity index (χ1n) is 15.2. The maximum atomic E-state index is 13.9. The third-order valence-corrected chi connectivity index (χ3v) is 8.54. The zero-order chi connectivity index (χ0) is 33.2. The van der Waals surface area contributed by atoms with Crippen molar-refractivity contribution in [1.82, 2.24) is 4.90 Å². The van der Waals surface area contributed by atoms with E-state index in [4.69, 9.17) is 14.2 Å². The zero-order valence-electron chi connectivity index (χ0n) is 25.9. The molecule has 1 aliphatic heterocycles. The van der Waals surface area contributed by atoms with Crippen LogP contribution >= 0.6 is 15.9 Å². The average molecular weight is 703 g/mol. The van der Waals surface area contributed by atoms with Crippen LogP contribution in [0.2, 0.25) is 0 Å². The van der Waals surface area contributed by atoms with E-state index in [1.807, 2.05) is 53.4 Å². The molecule has 47 heavy (non-hydrogen) atoms. The number of urea groups is 1. The minimum Gasteiger partial charge on any atom is -0.495 e. The number of para-hydroxylation sites is 1. The molecule has 0 saturated carbocycles. The van der Waals surface area contributed by atoms with Crippen LogP contribution in [-0.2, 0) is 22.6 Å². The van der Waals surface area contributed by atoms with Crippen molar-refractivity contribution < 1.29 is 33.7 Å². The molecule has 0 bridgehead atoms. The molecule has 1 saturated heterocycles. The molecule has 1 aliphatic rings. The molecule has 3 N–H and O–H groups in total. The summed E-state index contributed by atoms with van der Waals surface area (Å²) in [6.07, 6.45) is 1.55. The van der Waals surface area contributed by atoms with Crippen molar-refractivity contribution in [2.45, 2.75) is 38.0 Å². The molecular weight excluding hydrogens is 666 g/mol. The molecule has 2 atom stereocenters. The summed E-state index contributed by atoms with van der Waals surface area (Å²) < 4.78 is 18.4. The number of hydrogen-bond donors (Lipinski definition) is 3. The fraction of sp³-hybridized carbons (Fsp3) is 0.250. The summed E-state index contributed by atoms with van der Waals surface area (Å²) in [4.78, 5) is 39.9. The van der Waals surface area contributed by atoms with Crippen molar-refractivity contribution in [1.29, 1.82) is 0 Å². The topological polar surface area (TPSA) is 126 Å². The Balaban J connectivity index is 1.27. The molecule has 0 aromatic heterocycles. The van der Waals surface area contributed by atoms with E-state index >= 15 is 0 Å². The summed E-state index contributed by atoms with van der Waals surface area (Å²) in [5.74, 6) is -0.291. The number of methoxy groups -OCH3 is 1. The van der Waals surface area contributed by atoms with Gasteiger partial charge in [0.05, 0.1) is 55.8 Å². The summed E-state index contributed by atoms with van der Waals surface area (Å²) in [5, 5.41) is 15.0. The first-order chi connectivity index (χ1) is 22.8. The van der Waals surface area contributed by atoms with E-state index in [1.54, 1.807) is 36.4 Å². The van der Waals surface area contributed by atoms with Crippen LogP contribution in [0.15, 0.2) is 102 Å². The number of likely N-dealkylation sites (tertiary alicyclic amines) is 1. The highest BCUT2D eigenvalue weighted by Gasteiger charge is 2.37. The fourth-order valence-corrected chi connectivity index (χ4v) is 5.93. The molecule has 5 rings (SSSR count). The monoisotopic (exact) mass is 701 g/mol. The van der Waals surface area contributed by atoms with Crippen LogP contribution in [0, 0.1) is 0 Å². The maximum Gasteiger partial charge on any atom is 0.335 e. The van der Waals surface area contributed by atoms with Crippen LogP contribution in [0.3, 0.4) is 0 Å². The number of aromatic carboxylic acids is 1. The van der Waals surface area contributed by atoms with Gasteiger partial charge < -0.3 is 34.9 Å². The van der Waals surface area contributed by atoms with Crippen molar-refractivity contribution in [3.63, 3.8) is 0 Å². The Labute approximate surface area is 281 Å². The normalized spacial score (nSPS) is 15.6. The highest BCUT2D eigenvalue weighted by atomic mass is 79.9. The van der Waals surface area contributed by atoms with Gasteiger partial charge >= 0.3 is 12.0 Å². The third-order valence-electron chi connectivity index (χ3n) is 7.84. The first kappa shape index (κ1) is 33.5. The van der Waals surface area contributed by atoms with Crippen molar-refractivity contribution >= 4 is 45.2 Å². The lowest BCUT2D eigenvalue weighted by Gasteiger charge is -2.30. The molecule has 0 radical (unpaired) electrons. The van der Waals surface area contributed by atoms with Gasteiger partial charge in [0.15, 0.2) is 0 Å². The van der Waals surface area contributed by atoms with Crippen LogP contribution in [0.4, 0.5) is 16.2 Å². The number of nitrogens with one attached hydrogen (secondary N) is 2. The minimum atomic E-state index is -1.04. The van der Waals surface area contributed by atoms with Crippen molar-refractivity contribution in [2.24, 2.45) is 0 Å². The summed E-state index contributed by atoms with van der Waals surface area (Å²) in [6, 6.07) is 27.9. The summed E-state index contributed by atoms with van der Waals surface area (Å²) in [5.41, 5.74) is 2.97. The number of hydrogen-bond acceptors (Lipinski definition) is 6. The van der Waals surface area contributed by atoms with Crippen molar-refractivity contribution in [3.05, 3.63) is 118 Å². The minimum absolute atomic E-state index is 0.0972. The van der Waals surface area contributed by atoms with Gasteiger partial charge in [-0.05, 0) is 82.4 Å². The van der Waals surface area contributed by atoms with E-state index in [-0.39, 0.29) is 36.6 Å². The van der Waals surface area contributed by atoms with Gasteiger partial charge in [0.1, 0.15) is 18.1 Å². The lowest BCUT2D eigenvalue weighted by Crippen LogP contribution is -2.46. The van der Waals surface area contributed by atoms with Crippen molar-refractivity contribution in [3.8, 4) is 11.5 Å². The Morgan fingerprint density at radius 2 is 1.55 bits per heavy atom. The van der Waals surface area contributed by atoms with Crippen LogP contribution in [-0.4, -0.2) is 60.3 Å². The number of carbonyl (C=O) groups is 3. The van der Waals surface area contributed by atoms with Crippen LogP contribution < -0.4 is 20.1 Å². The lowest BCUT2D eigenvalue weighted by molar-refractivity contribution is -0.135.